The first-order chi connectivity index (χ1) is 20.7. The van der Waals surface area contributed by atoms with Crippen molar-refractivity contribution >= 4 is 23.2 Å². The number of primary amides is 1. The quantitative estimate of drug-likeness (QED) is 0.239. The second-order valence-electron chi connectivity index (χ2n) is 12.0. The van der Waals surface area contributed by atoms with E-state index in [1.165, 1.54) is 4.90 Å². The van der Waals surface area contributed by atoms with Crippen molar-refractivity contribution in [2.24, 2.45) is 17.6 Å². The van der Waals surface area contributed by atoms with E-state index in [9.17, 15) is 34.8 Å². The predicted octanol–water partition coefficient (Wildman–Crippen LogP) is 1.49. The first-order valence-corrected chi connectivity index (χ1v) is 14.3. The number of nitrogens with zero attached hydrogens (tertiary/aromatic N) is 2. The standard InChI is InChI=1S/C32H38N4O8/c1-35(2)20-12-17(14-34-13-15-8-6-7-9-21(15)44-5)26(37)23-18(20)10-16-11-19-25(36(3)4)28(39)24(31(33)42)30(41)32(19,43)29(40)22(16)27(23)38/h6-9,12,16,19,25,34,37,39-40,43H,10-11,13-14H2,1-5H3,(H2,33,42)/t16-,19-,25-,32-/m0/s1. The van der Waals surface area contributed by atoms with Gasteiger partial charge in [-0.15, -0.1) is 0 Å². The molecule has 3 aliphatic carbocycles. The highest BCUT2D eigenvalue weighted by molar-refractivity contribution is 6.25. The molecule has 2 aromatic carbocycles. The van der Waals surface area contributed by atoms with E-state index in [-0.39, 0.29) is 36.3 Å². The van der Waals surface area contributed by atoms with Crippen molar-refractivity contribution in [2.75, 3.05) is 40.2 Å². The van der Waals surface area contributed by atoms with Gasteiger partial charge in [0.15, 0.2) is 11.4 Å². The number of rotatable bonds is 8. The number of nitrogens with one attached hydrogen (secondary N) is 1. The van der Waals surface area contributed by atoms with Crippen LogP contribution in [0.25, 0.3) is 0 Å². The van der Waals surface area contributed by atoms with Gasteiger partial charge in [-0.2, -0.15) is 0 Å². The molecule has 44 heavy (non-hydrogen) atoms. The van der Waals surface area contributed by atoms with Crippen LogP contribution in [0.5, 0.6) is 11.5 Å². The van der Waals surface area contributed by atoms with E-state index < -0.39 is 58.0 Å². The first kappa shape index (κ1) is 31.0. The third-order valence-electron chi connectivity index (χ3n) is 9.08. The number of aromatic hydroxyl groups is 1. The number of carbonyl (C=O) groups excluding carboxylic acids is 3. The van der Waals surface area contributed by atoms with Crippen molar-refractivity contribution in [3.63, 3.8) is 0 Å². The molecule has 0 radical (unpaired) electrons. The molecule has 12 heteroatoms. The van der Waals surface area contributed by atoms with E-state index in [1.807, 2.05) is 49.3 Å². The number of Topliss-reactive ketones (excluding diaryl/α,β-unsaturated/α-hetero) is 2. The Morgan fingerprint density at radius 2 is 1.75 bits per heavy atom. The SMILES string of the molecule is COc1ccccc1CNCc1cc(N(C)C)c2c(c1O)C(=O)C1=C(O)[C@]3(O)C(=O)C(C(N)=O)=C(O)[C@@H](N(C)C)[C@@H]3C[C@@H]1C2. The molecular weight excluding hydrogens is 568 g/mol. The van der Waals surface area contributed by atoms with Gasteiger partial charge in [0, 0.05) is 55.5 Å². The number of methoxy groups -OCH3 is 1. The third-order valence-corrected chi connectivity index (χ3v) is 9.08. The van der Waals surface area contributed by atoms with Gasteiger partial charge in [0.2, 0.25) is 5.78 Å². The van der Waals surface area contributed by atoms with Crippen molar-refractivity contribution in [1.82, 2.24) is 10.2 Å². The lowest BCUT2D eigenvalue weighted by molar-refractivity contribution is -0.148. The van der Waals surface area contributed by atoms with E-state index >= 15 is 0 Å². The molecule has 0 aliphatic heterocycles. The number of hydrogen-bond donors (Lipinski definition) is 6. The average Bonchev–Trinajstić information content (AvgIpc) is 2.95. The minimum atomic E-state index is -2.68. The number of ketones is 2. The summed E-state index contributed by atoms with van der Waals surface area (Å²) in [6.07, 6.45) is 0.242. The average molecular weight is 607 g/mol. The molecule has 0 spiro atoms. The van der Waals surface area contributed by atoms with Crippen LogP contribution in [0, 0.1) is 11.8 Å². The molecule has 0 heterocycles. The number of amides is 1. The van der Waals surface area contributed by atoms with E-state index in [1.54, 1.807) is 21.2 Å². The lowest BCUT2D eigenvalue weighted by atomic mass is 9.58. The number of allylic oxidation sites excluding steroid dienone is 1. The number of likely N-dealkylation sites (N-methyl/N-ethyl adjacent to an activating group) is 1. The van der Waals surface area contributed by atoms with Gasteiger partial charge >= 0.3 is 0 Å². The molecule has 3 aliphatic rings. The second kappa shape index (κ2) is 11.3. The Kier molecular flexibility index (Phi) is 7.95. The van der Waals surface area contributed by atoms with Crippen molar-refractivity contribution < 1.29 is 39.5 Å². The number of carbonyl (C=O) groups is 3. The number of fused-ring (bicyclic) bond motifs is 3. The highest BCUT2D eigenvalue weighted by Gasteiger charge is 2.63. The normalized spacial score (nSPS) is 24.7. The molecule has 0 fully saturated rings. The van der Waals surface area contributed by atoms with Gasteiger partial charge < -0.3 is 41.1 Å². The fraction of sp³-hybridized carbons (Fsp3) is 0.406. The van der Waals surface area contributed by atoms with Crippen molar-refractivity contribution in [2.45, 2.75) is 37.6 Å². The van der Waals surface area contributed by atoms with Crippen molar-refractivity contribution in [3.8, 4) is 11.5 Å². The van der Waals surface area contributed by atoms with E-state index in [0.717, 1.165) is 5.56 Å². The number of ether oxygens (including phenoxy) is 1. The van der Waals surface area contributed by atoms with Gasteiger partial charge in [-0.25, -0.2) is 0 Å². The zero-order chi connectivity index (χ0) is 32.2. The molecule has 5 rings (SSSR count). The second-order valence-corrected chi connectivity index (χ2v) is 12.0. The smallest absolute Gasteiger partial charge is 0.255 e. The van der Waals surface area contributed by atoms with Crippen LogP contribution in [-0.2, 0) is 29.1 Å². The van der Waals surface area contributed by atoms with Crippen LogP contribution < -0.4 is 20.7 Å². The lowest BCUT2D eigenvalue weighted by Gasteiger charge is -2.50. The van der Waals surface area contributed by atoms with Crippen LogP contribution in [0.15, 0.2) is 53.0 Å². The van der Waals surface area contributed by atoms with E-state index in [2.05, 4.69) is 5.32 Å². The van der Waals surface area contributed by atoms with Gasteiger partial charge in [-0.05, 0) is 50.6 Å². The minimum absolute atomic E-state index is 0.0222. The topological polar surface area (TPSA) is 186 Å². The molecule has 1 amide bonds. The van der Waals surface area contributed by atoms with Crippen LogP contribution in [0.3, 0.4) is 0 Å². The Labute approximate surface area is 255 Å². The summed E-state index contributed by atoms with van der Waals surface area (Å²) < 4.78 is 5.41. The molecule has 0 aromatic heterocycles. The van der Waals surface area contributed by atoms with Gasteiger partial charge in [0.05, 0.1) is 18.7 Å². The third kappa shape index (κ3) is 4.61. The van der Waals surface area contributed by atoms with Gasteiger partial charge in [0.1, 0.15) is 28.6 Å². The molecule has 7 N–H and O–H groups in total. The number of phenols is 1. The Morgan fingerprint density at radius 3 is 2.36 bits per heavy atom. The Morgan fingerprint density at radius 1 is 1.09 bits per heavy atom. The maximum Gasteiger partial charge on any atom is 0.255 e. The number of benzene rings is 2. The fourth-order valence-electron chi connectivity index (χ4n) is 7.07. The van der Waals surface area contributed by atoms with Crippen LogP contribution >= 0.6 is 0 Å². The van der Waals surface area contributed by atoms with Crippen LogP contribution in [-0.4, -0.2) is 89.7 Å². The van der Waals surface area contributed by atoms with E-state index in [0.29, 0.717) is 29.1 Å². The highest BCUT2D eigenvalue weighted by atomic mass is 16.5. The van der Waals surface area contributed by atoms with E-state index in [4.69, 9.17) is 10.5 Å². The van der Waals surface area contributed by atoms with Crippen LogP contribution in [0.1, 0.15) is 33.5 Å². The van der Waals surface area contributed by atoms with Crippen molar-refractivity contribution in [3.05, 3.63) is 75.3 Å². The van der Waals surface area contributed by atoms with Gasteiger partial charge in [0.25, 0.3) is 5.91 Å². The molecule has 0 unspecified atom stereocenters. The predicted molar refractivity (Wildman–Crippen MR) is 162 cm³/mol. The first-order valence-electron chi connectivity index (χ1n) is 14.3. The fourth-order valence-corrected chi connectivity index (χ4v) is 7.07. The largest absolute Gasteiger partial charge is 0.510 e. The molecule has 0 bridgehead atoms. The van der Waals surface area contributed by atoms with Crippen molar-refractivity contribution in [1.29, 1.82) is 0 Å². The van der Waals surface area contributed by atoms with Gasteiger partial charge in [-0.1, -0.05) is 18.2 Å². The molecule has 4 atom stereocenters. The molecular formula is C32H38N4O8. The summed E-state index contributed by atoms with van der Waals surface area (Å²) in [5, 5.41) is 49.1. The monoisotopic (exact) mass is 606 g/mol. The van der Waals surface area contributed by atoms with Gasteiger partial charge in [-0.3, -0.25) is 19.3 Å². The van der Waals surface area contributed by atoms with Crippen LogP contribution in [0.4, 0.5) is 5.69 Å². The number of para-hydroxylation sites is 1. The minimum Gasteiger partial charge on any atom is -0.510 e. The number of aliphatic hydroxyl groups is 3. The molecule has 0 saturated carbocycles. The number of aliphatic hydroxyl groups excluding tert-OH is 2. The Bertz CT molecular complexity index is 1630. The number of anilines is 1. The maximum atomic E-state index is 14.2. The lowest BCUT2D eigenvalue weighted by Crippen LogP contribution is -2.63. The number of nitrogens with two attached hydrogens (primary N) is 1. The molecule has 12 nitrogen and oxygen atoms in total. The van der Waals surface area contributed by atoms with Crippen LogP contribution in [0.2, 0.25) is 0 Å². The summed E-state index contributed by atoms with van der Waals surface area (Å²) in [7, 11) is 8.42. The number of hydrogen-bond acceptors (Lipinski definition) is 11. The zero-order valence-corrected chi connectivity index (χ0v) is 25.3. The summed E-state index contributed by atoms with van der Waals surface area (Å²) in [6.45, 7) is 0.618. The molecule has 234 valence electrons. The Hall–Kier alpha value is -4.39. The summed E-state index contributed by atoms with van der Waals surface area (Å²) in [4.78, 5) is 43.3. The zero-order valence-electron chi connectivity index (χ0n) is 25.3. The summed E-state index contributed by atoms with van der Waals surface area (Å²) in [6, 6.07) is 8.28. The molecule has 2 aromatic rings. The highest BCUT2D eigenvalue weighted by Crippen LogP contribution is 2.53. The maximum absolute atomic E-state index is 14.2. The Balaban J connectivity index is 1.59. The summed E-state index contributed by atoms with van der Waals surface area (Å²) >= 11 is 0. The molecule has 0 saturated heterocycles. The number of phenolic OH excluding ortho intramolecular Hbond substituents is 1. The summed E-state index contributed by atoms with van der Waals surface area (Å²) in [5.74, 6) is -6.02. The summed E-state index contributed by atoms with van der Waals surface area (Å²) in [5.41, 5.74) is 4.29.